The summed E-state index contributed by atoms with van der Waals surface area (Å²) < 4.78 is 3.06. The van der Waals surface area contributed by atoms with Gasteiger partial charge in [-0.2, -0.15) is 10.4 Å². The van der Waals surface area contributed by atoms with Crippen LogP contribution in [0.2, 0.25) is 5.02 Å². The molecule has 1 aliphatic rings. The molecule has 3 aromatic heterocycles. The average molecular weight is 491 g/mol. The van der Waals surface area contributed by atoms with Crippen LogP contribution in [0.1, 0.15) is 31.9 Å². The van der Waals surface area contributed by atoms with E-state index >= 15 is 0 Å². The van der Waals surface area contributed by atoms with E-state index in [2.05, 4.69) is 56.9 Å². The molecule has 0 radical (unpaired) electrons. The number of rotatable bonds is 5. The van der Waals surface area contributed by atoms with E-state index in [1.807, 2.05) is 6.07 Å². The van der Waals surface area contributed by atoms with Crippen LogP contribution in [0.4, 0.5) is 5.69 Å². The van der Waals surface area contributed by atoms with Crippen molar-refractivity contribution in [2.24, 2.45) is 7.05 Å². The summed E-state index contributed by atoms with van der Waals surface area (Å²) in [6.07, 6.45) is 6.11. The normalized spacial score (nSPS) is 17.7. The number of pyridine rings is 1. The third-order valence-corrected chi connectivity index (χ3v) is 7.39. The van der Waals surface area contributed by atoms with E-state index in [-0.39, 0.29) is 29.2 Å². The molecule has 9 nitrogen and oxygen atoms in total. The van der Waals surface area contributed by atoms with Crippen molar-refractivity contribution in [3.63, 3.8) is 0 Å². The molecule has 4 heterocycles. The molecule has 0 aliphatic carbocycles. The summed E-state index contributed by atoms with van der Waals surface area (Å²) in [4.78, 5) is 26.4. The van der Waals surface area contributed by atoms with E-state index in [4.69, 9.17) is 16.9 Å². The molecule has 0 amide bonds. The highest BCUT2D eigenvalue weighted by molar-refractivity contribution is 6.34. The van der Waals surface area contributed by atoms with E-state index in [0.29, 0.717) is 23.3 Å². The van der Waals surface area contributed by atoms with Crippen LogP contribution in [0.15, 0.2) is 41.6 Å². The van der Waals surface area contributed by atoms with Gasteiger partial charge in [-0.15, -0.1) is 0 Å². The van der Waals surface area contributed by atoms with Gasteiger partial charge in [-0.1, -0.05) is 24.6 Å². The summed E-state index contributed by atoms with van der Waals surface area (Å²) in [5.74, 6) is 0. The molecule has 5 rings (SSSR count). The molecular formula is C25H27ClN8O. The number of halogens is 1. The predicted molar refractivity (Wildman–Crippen MR) is 137 cm³/mol. The Kier molecular flexibility index (Phi) is 6.17. The standard InChI is InChI=1S/C25H27ClN8O/c1-4-18-14-32(24-22(26)25(35)31(3)21-15-33(10-7-27)30-23(21)24)11-12-34(18)16(2)17-5-6-19-20(13-17)29-9-8-28-19/h5-6,8-9,13,15-16,18H,4,10-12,14H2,1-3H3/t16-,18+/m0/s1. The average Bonchev–Trinajstić information content (AvgIpc) is 3.30. The lowest BCUT2D eigenvalue weighted by Crippen LogP contribution is -2.54. The zero-order valence-corrected chi connectivity index (χ0v) is 20.8. The Bertz CT molecular complexity index is 1500. The van der Waals surface area contributed by atoms with Crippen LogP contribution in [-0.4, -0.2) is 54.9 Å². The van der Waals surface area contributed by atoms with Crippen molar-refractivity contribution in [3.05, 3.63) is 57.7 Å². The molecule has 1 aromatic carbocycles. The topological polar surface area (TPSA) is 95.9 Å². The van der Waals surface area contributed by atoms with Crippen molar-refractivity contribution in [3.8, 4) is 6.07 Å². The van der Waals surface area contributed by atoms with Crippen molar-refractivity contribution in [1.29, 1.82) is 5.26 Å². The second kappa shape index (κ2) is 9.29. The third-order valence-electron chi connectivity index (χ3n) is 7.05. The Morgan fingerprint density at radius 3 is 2.74 bits per heavy atom. The number of nitrogens with zero attached hydrogens (tertiary/aromatic N) is 8. The van der Waals surface area contributed by atoms with Crippen LogP contribution in [0.5, 0.6) is 0 Å². The Hall–Kier alpha value is -3.48. The summed E-state index contributed by atoms with van der Waals surface area (Å²) >= 11 is 6.62. The molecule has 1 saturated heterocycles. The second-order valence-electron chi connectivity index (χ2n) is 8.97. The number of anilines is 1. The van der Waals surface area contributed by atoms with Gasteiger partial charge in [0.05, 0.1) is 34.5 Å². The lowest BCUT2D eigenvalue weighted by Gasteiger charge is -2.45. The second-order valence-corrected chi connectivity index (χ2v) is 9.35. The van der Waals surface area contributed by atoms with Crippen molar-refractivity contribution in [2.45, 2.75) is 38.9 Å². The minimum atomic E-state index is -0.258. The first kappa shape index (κ1) is 23.3. The number of hydrogen-bond donors (Lipinski definition) is 0. The van der Waals surface area contributed by atoms with Crippen LogP contribution >= 0.6 is 11.6 Å². The highest BCUT2D eigenvalue weighted by atomic mass is 35.5. The Labute approximate surface area is 208 Å². The van der Waals surface area contributed by atoms with Crippen LogP contribution in [0.3, 0.4) is 0 Å². The first-order valence-corrected chi connectivity index (χ1v) is 12.1. The largest absolute Gasteiger partial charge is 0.365 e. The number of benzene rings is 1. The predicted octanol–water partition coefficient (Wildman–Crippen LogP) is 3.52. The summed E-state index contributed by atoms with van der Waals surface area (Å²) in [6, 6.07) is 8.84. The molecule has 2 atom stereocenters. The number of aromatic nitrogens is 5. The van der Waals surface area contributed by atoms with E-state index in [0.717, 1.165) is 30.5 Å². The van der Waals surface area contributed by atoms with Gasteiger partial charge >= 0.3 is 0 Å². The van der Waals surface area contributed by atoms with Crippen LogP contribution in [-0.2, 0) is 13.6 Å². The molecule has 4 aromatic rings. The monoisotopic (exact) mass is 490 g/mol. The number of aryl methyl sites for hydroxylation is 1. The fourth-order valence-corrected chi connectivity index (χ4v) is 5.44. The highest BCUT2D eigenvalue weighted by Crippen LogP contribution is 2.35. The van der Waals surface area contributed by atoms with Crippen molar-refractivity contribution < 1.29 is 0 Å². The van der Waals surface area contributed by atoms with E-state index in [1.165, 1.54) is 10.1 Å². The van der Waals surface area contributed by atoms with Gasteiger partial charge in [-0.3, -0.25) is 24.3 Å². The SMILES string of the molecule is CC[C@@H]1CN(c2c(Cl)c(=O)n(C)c3cn(CC#N)nc23)CCN1[C@@H](C)c1ccc2nccnc2c1. The molecular weight excluding hydrogens is 464 g/mol. The van der Waals surface area contributed by atoms with Crippen LogP contribution in [0, 0.1) is 11.3 Å². The third kappa shape index (κ3) is 4.03. The number of piperazine rings is 1. The zero-order valence-electron chi connectivity index (χ0n) is 20.0. The number of fused-ring (bicyclic) bond motifs is 2. The van der Waals surface area contributed by atoms with Gasteiger partial charge in [-0.25, -0.2) is 0 Å². The van der Waals surface area contributed by atoms with Gasteiger partial charge in [0.15, 0.2) is 0 Å². The van der Waals surface area contributed by atoms with Crippen LogP contribution in [0.25, 0.3) is 22.1 Å². The highest BCUT2D eigenvalue weighted by Gasteiger charge is 2.33. The lowest BCUT2D eigenvalue weighted by molar-refractivity contribution is 0.124. The molecule has 1 fully saturated rings. The fraction of sp³-hybridized carbons (Fsp3) is 0.400. The molecule has 1 aliphatic heterocycles. The molecule has 0 unspecified atom stereocenters. The first-order chi connectivity index (χ1) is 16.9. The zero-order chi connectivity index (χ0) is 24.7. The Morgan fingerprint density at radius 1 is 1.23 bits per heavy atom. The molecule has 0 saturated carbocycles. The molecule has 10 heteroatoms. The van der Waals surface area contributed by atoms with Gasteiger partial charge < -0.3 is 9.47 Å². The fourth-order valence-electron chi connectivity index (χ4n) is 5.11. The quantitative estimate of drug-likeness (QED) is 0.422. The maximum atomic E-state index is 12.9. The van der Waals surface area contributed by atoms with E-state index in [9.17, 15) is 4.79 Å². The first-order valence-electron chi connectivity index (χ1n) is 11.8. The van der Waals surface area contributed by atoms with Gasteiger partial charge in [0.2, 0.25) is 0 Å². The summed E-state index contributed by atoms with van der Waals surface area (Å²) in [5.41, 5.74) is 4.71. The van der Waals surface area contributed by atoms with Gasteiger partial charge in [0, 0.05) is 51.2 Å². The van der Waals surface area contributed by atoms with E-state index in [1.54, 1.807) is 30.3 Å². The summed E-state index contributed by atoms with van der Waals surface area (Å²) in [6.45, 7) is 6.76. The Balaban J connectivity index is 1.47. The minimum Gasteiger partial charge on any atom is -0.365 e. The molecule has 0 N–H and O–H groups in total. The number of hydrogen-bond acceptors (Lipinski definition) is 7. The maximum Gasteiger partial charge on any atom is 0.271 e. The Morgan fingerprint density at radius 2 is 2.00 bits per heavy atom. The van der Waals surface area contributed by atoms with Gasteiger partial charge in [0.1, 0.15) is 17.1 Å². The van der Waals surface area contributed by atoms with Crippen molar-refractivity contribution >= 4 is 39.4 Å². The summed E-state index contributed by atoms with van der Waals surface area (Å²) in [5, 5.41) is 13.9. The maximum absolute atomic E-state index is 12.9. The smallest absolute Gasteiger partial charge is 0.271 e. The number of nitriles is 1. The molecule has 180 valence electrons. The van der Waals surface area contributed by atoms with E-state index < -0.39 is 0 Å². The van der Waals surface area contributed by atoms with Crippen LogP contribution < -0.4 is 10.5 Å². The molecule has 0 spiro atoms. The molecule has 0 bridgehead atoms. The minimum absolute atomic E-state index is 0.110. The van der Waals surface area contributed by atoms with Gasteiger partial charge in [-0.05, 0) is 31.0 Å². The summed E-state index contributed by atoms with van der Waals surface area (Å²) in [7, 11) is 1.68. The lowest BCUT2D eigenvalue weighted by atomic mass is 10.0. The van der Waals surface area contributed by atoms with Crippen molar-refractivity contribution in [1.82, 2.24) is 29.2 Å². The van der Waals surface area contributed by atoms with Crippen molar-refractivity contribution in [2.75, 3.05) is 24.5 Å². The molecule has 35 heavy (non-hydrogen) atoms. The van der Waals surface area contributed by atoms with Gasteiger partial charge in [0.25, 0.3) is 5.56 Å².